The number of hydrogen-bond acceptors (Lipinski definition) is 4. The minimum absolute atomic E-state index is 0.0594. The van der Waals surface area contributed by atoms with Crippen LogP contribution < -0.4 is 0 Å². The number of hydrogen-bond donors (Lipinski definition) is 1. The Morgan fingerprint density at radius 1 is 1.32 bits per heavy atom. The summed E-state index contributed by atoms with van der Waals surface area (Å²) in [5.74, 6) is 1.42. The summed E-state index contributed by atoms with van der Waals surface area (Å²) in [4.78, 5) is 0. The fourth-order valence-corrected chi connectivity index (χ4v) is 3.28. The lowest BCUT2D eigenvalue weighted by Gasteiger charge is -2.07. The van der Waals surface area contributed by atoms with Crippen LogP contribution in [-0.2, 0) is 12.4 Å². The molecule has 1 aliphatic carbocycles. The molecule has 0 saturated heterocycles. The molecule has 4 nitrogen and oxygen atoms in total. The number of nitrogens with zero attached hydrogens (tertiary/aromatic N) is 3. The number of benzene rings is 1. The van der Waals surface area contributed by atoms with Crippen LogP contribution in [0.5, 0.6) is 0 Å². The van der Waals surface area contributed by atoms with E-state index in [4.69, 9.17) is 11.6 Å². The van der Waals surface area contributed by atoms with E-state index in [1.165, 1.54) is 0 Å². The zero-order valence-electron chi connectivity index (χ0n) is 10.3. The first-order valence-corrected chi connectivity index (χ1v) is 7.57. The first kappa shape index (κ1) is 13.0. The summed E-state index contributed by atoms with van der Waals surface area (Å²) in [6, 6.07) is 8.27. The molecule has 1 aliphatic rings. The van der Waals surface area contributed by atoms with Crippen molar-refractivity contribution in [2.24, 2.45) is 0 Å². The Morgan fingerprint density at radius 3 is 2.79 bits per heavy atom. The maximum absolute atomic E-state index is 9.28. The van der Waals surface area contributed by atoms with Crippen molar-refractivity contribution in [2.75, 3.05) is 0 Å². The van der Waals surface area contributed by atoms with Crippen LogP contribution >= 0.6 is 23.4 Å². The highest BCUT2D eigenvalue weighted by Gasteiger charge is 2.29. The van der Waals surface area contributed by atoms with Crippen LogP contribution in [0.1, 0.15) is 30.3 Å². The molecule has 1 heterocycles. The van der Waals surface area contributed by atoms with Crippen LogP contribution in [0.4, 0.5) is 0 Å². The number of thioether (sulfide) groups is 1. The summed E-state index contributed by atoms with van der Waals surface area (Å²) < 4.78 is 2.06. The molecular weight excluding hydrogens is 282 g/mol. The molecule has 0 amide bonds. The SMILES string of the molecule is OCc1nnc(SCc2ccccc2Cl)n1C1CC1. The largest absolute Gasteiger partial charge is 0.388 e. The van der Waals surface area contributed by atoms with Gasteiger partial charge < -0.3 is 9.67 Å². The lowest BCUT2D eigenvalue weighted by molar-refractivity contribution is 0.263. The molecule has 19 heavy (non-hydrogen) atoms. The van der Waals surface area contributed by atoms with Gasteiger partial charge in [0.15, 0.2) is 11.0 Å². The van der Waals surface area contributed by atoms with E-state index in [0.29, 0.717) is 11.9 Å². The van der Waals surface area contributed by atoms with Crippen LogP contribution in [0.2, 0.25) is 5.02 Å². The quantitative estimate of drug-likeness (QED) is 0.862. The van der Waals surface area contributed by atoms with E-state index in [-0.39, 0.29) is 6.61 Å². The van der Waals surface area contributed by atoms with Crippen molar-refractivity contribution in [1.82, 2.24) is 14.8 Å². The molecule has 100 valence electrons. The predicted molar refractivity (Wildman–Crippen MR) is 75.2 cm³/mol. The van der Waals surface area contributed by atoms with Crippen molar-refractivity contribution in [2.45, 2.75) is 36.4 Å². The van der Waals surface area contributed by atoms with Crippen LogP contribution in [0.25, 0.3) is 0 Å². The number of halogens is 1. The van der Waals surface area contributed by atoms with Crippen molar-refractivity contribution < 1.29 is 5.11 Å². The lowest BCUT2D eigenvalue weighted by atomic mass is 10.2. The van der Waals surface area contributed by atoms with Crippen LogP contribution in [0, 0.1) is 0 Å². The molecule has 0 spiro atoms. The summed E-state index contributed by atoms with van der Waals surface area (Å²) >= 11 is 7.75. The number of aliphatic hydroxyl groups excluding tert-OH is 1. The summed E-state index contributed by atoms with van der Waals surface area (Å²) in [6.45, 7) is -0.0594. The molecule has 2 aromatic rings. The van der Waals surface area contributed by atoms with Gasteiger partial charge in [-0.3, -0.25) is 0 Å². The molecular formula is C13H14ClN3OS. The third-order valence-electron chi connectivity index (χ3n) is 3.10. The minimum Gasteiger partial charge on any atom is -0.388 e. The topological polar surface area (TPSA) is 50.9 Å². The fourth-order valence-electron chi connectivity index (χ4n) is 1.97. The Labute approximate surface area is 120 Å². The van der Waals surface area contributed by atoms with E-state index in [9.17, 15) is 5.11 Å². The summed E-state index contributed by atoms with van der Waals surface area (Å²) in [5.41, 5.74) is 1.09. The molecule has 1 fully saturated rings. The summed E-state index contributed by atoms with van der Waals surface area (Å²) in [7, 11) is 0. The standard InChI is InChI=1S/C13H14ClN3OS/c14-11-4-2-1-3-9(11)8-19-13-16-15-12(7-18)17(13)10-5-6-10/h1-4,10,18H,5-8H2. The zero-order chi connectivity index (χ0) is 13.2. The number of aromatic nitrogens is 3. The van der Waals surface area contributed by atoms with Gasteiger partial charge >= 0.3 is 0 Å². The first-order valence-electron chi connectivity index (χ1n) is 6.20. The van der Waals surface area contributed by atoms with E-state index >= 15 is 0 Å². The Balaban J connectivity index is 1.77. The Hall–Kier alpha value is -1.04. The molecule has 1 N–H and O–H groups in total. The van der Waals surface area contributed by atoms with Gasteiger partial charge in [0.2, 0.25) is 0 Å². The van der Waals surface area contributed by atoms with Crippen molar-refractivity contribution in [1.29, 1.82) is 0 Å². The third kappa shape index (κ3) is 2.78. The zero-order valence-corrected chi connectivity index (χ0v) is 11.9. The molecule has 0 atom stereocenters. The van der Waals surface area contributed by atoms with Crippen LogP contribution in [-0.4, -0.2) is 19.9 Å². The normalized spacial score (nSPS) is 14.8. The monoisotopic (exact) mass is 295 g/mol. The van der Waals surface area contributed by atoms with Gasteiger partial charge in [-0.2, -0.15) is 0 Å². The van der Waals surface area contributed by atoms with Gasteiger partial charge in [0.25, 0.3) is 0 Å². The molecule has 0 radical (unpaired) electrons. The second-order valence-electron chi connectivity index (χ2n) is 4.54. The molecule has 0 bridgehead atoms. The molecule has 1 saturated carbocycles. The smallest absolute Gasteiger partial charge is 0.191 e. The number of aliphatic hydroxyl groups is 1. The van der Waals surface area contributed by atoms with Gasteiger partial charge in [-0.25, -0.2) is 0 Å². The maximum Gasteiger partial charge on any atom is 0.191 e. The minimum atomic E-state index is -0.0594. The van der Waals surface area contributed by atoms with E-state index in [1.807, 2.05) is 24.3 Å². The maximum atomic E-state index is 9.28. The highest BCUT2D eigenvalue weighted by atomic mass is 35.5. The Bertz CT molecular complexity index is 583. The van der Waals surface area contributed by atoms with Gasteiger partial charge in [0, 0.05) is 16.8 Å². The van der Waals surface area contributed by atoms with Crippen LogP contribution in [0.3, 0.4) is 0 Å². The average molecular weight is 296 g/mol. The molecule has 3 rings (SSSR count). The fraction of sp³-hybridized carbons (Fsp3) is 0.385. The molecule has 1 aromatic heterocycles. The molecule has 1 aromatic carbocycles. The van der Waals surface area contributed by atoms with E-state index < -0.39 is 0 Å². The van der Waals surface area contributed by atoms with E-state index in [0.717, 1.165) is 34.3 Å². The van der Waals surface area contributed by atoms with Crippen molar-refractivity contribution in [3.63, 3.8) is 0 Å². The van der Waals surface area contributed by atoms with E-state index in [1.54, 1.807) is 11.8 Å². The predicted octanol–water partition coefficient (Wildman–Crippen LogP) is 3.05. The van der Waals surface area contributed by atoms with Gasteiger partial charge in [-0.1, -0.05) is 41.6 Å². The Kier molecular flexibility index (Phi) is 3.77. The summed E-state index contributed by atoms with van der Waals surface area (Å²) in [5, 5.41) is 19.1. The summed E-state index contributed by atoms with van der Waals surface area (Å²) in [6.07, 6.45) is 2.29. The van der Waals surface area contributed by atoms with Crippen LogP contribution in [0.15, 0.2) is 29.4 Å². The lowest BCUT2D eigenvalue weighted by Crippen LogP contribution is -2.02. The van der Waals surface area contributed by atoms with Gasteiger partial charge in [0.1, 0.15) is 6.61 Å². The van der Waals surface area contributed by atoms with Gasteiger partial charge in [-0.05, 0) is 24.5 Å². The molecule has 0 aliphatic heterocycles. The van der Waals surface area contributed by atoms with Crippen molar-refractivity contribution in [3.05, 3.63) is 40.7 Å². The number of rotatable bonds is 5. The molecule has 0 unspecified atom stereocenters. The third-order valence-corrected chi connectivity index (χ3v) is 4.46. The van der Waals surface area contributed by atoms with Crippen molar-refractivity contribution >= 4 is 23.4 Å². The van der Waals surface area contributed by atoms with Crippen molar-refractivity contribution in [3.8, 4) is 0 Å². The second kappa shape index (κ2) is 5.53. The highest BCUT2D eigenvalue weighted by Crippen LogP contribution is 2.39. The van der Waals surface area contributed by atoms with Gasteiger partial charge in [0.05, 0.1) is 0 Å². The second-order valence-corrected chi connectivity index (χ2v) is 5.89. The Morgan fingerprint density at radius 2 is 2.11 bits per heavy atom. The molecule has 6 heteroatoms. The van der Waals surface area contributed by atoms with Gasteiger partial charge in [-0.15, -0.1) is 10.2 Å². The average Bonchev–Trinajstić information content (AvgIpc) is 3.18. The highest BCUT2D eigenvalue weighted by molar-refractivity contribution is 7.98. The van der Waals surface area contributed by atoms with E-state index in [2.05, 4.69) is 14.8 Å². The first-order chi connectivity index (χ1) is 9.29.